The van der Waals surface area contributed by atoms with E-state index < -0.39 is 0 Å². The fraction of sp³-hybridized carbons (Fsp3) is 0. The van der Waals surface area contributed by atoms with Crippen LogP contribution in [0, 0.1) is 0 Å². The first-order valence-corrected chi connectivity index (χ1v) is 5.45. The standard InChI is InChI=1S/C12H8N2O.CH3NO2/c15-7-8-5-10-9-3-1-2-4-11(9)14-12(10)6-13-8;3-1-2-4/h1-7,14H;1,4H,(H,2,3). The molecule has 0 saturated carbocycles. The topological polar surface area (TPSA) is 95.1 Å². The minimum atomic E-state index is 0.181. The first kappa shape index (κ1) is 12.7. The number of nitrogens with zero attached hydrogens (tertiary/aromatic N) is 1. The molecule has 6 nitrogen and oxygen atoms in total. The summed E-state index contributed by atoms with van der Waals surface area (Å²) in [5, 5.41) is 9.42. The number of para-hydroxylation sites is 1. The van der Waals surface area contributed by atoms with Crippen molar-refractivity contribution < 1.29 is 14.8 Å². The van der Waals surface area contributed by atoms with Crippen LogP contribution in [0.5, 0.6) is 0 Å². The number of hydrogen-bond donors (Lipinski definition) is 3. The molecule has 0 aliphatic heterocycles. The van der Waals surface area contributed by atoms with Crippen LogP contribution in [0.3, 0.4) is 0 Å². The predicted octanol–water partition coefficient (Wildman–Crippen LogP) is 1.65. The van der Waals surface area contributed by atoms with Crippen molar-refractivity contribution in [3.05, 3.63) is 42.2 Å². The van der Waals surface area contributed by atoms with E-state index in [1.54, 1.807) is 12.3 Å². The second-order valence-corrected chi connectivity index (χ2v) is 3.69. The van der Waals surface area contributed by atoms with Crippen molar-refractivity contribution in [1.82, 2.24) is 15.4 Å². The minimum Gasteiger partial charge on any atom is -0.353 e. The fourth-order valence-corrected chi connectivity index (χ4v) is 1.83. The number of nitrogens with one attached hydrogen (secondary N) is 2. The number of benzene rings is 1. The van der Waals surface area contributed by atoms with Gasteiger partial charge in [0.1, 0.15) is 5.69 Å². The molecule has 1 amide bonds. The Hall–Kier alpha value is -2.73. The number of aldehydes is 1. The lowest BCUT2D eigenvalue weighted by molar-refractivity contribution is -0.116. The molecule has 0 radical (unpaired) electrons. The average Bonchev–Trinajstić information content (AvgIpc) is 2.85. The molecule has 0 bridgehead atoms. The van der Waals surface area contributed by atoms with Gasteiger partial charge in [-0.1, -0.05) is 18.2 Å². The Bertz CT molecular complexity index is 721. The van der Waals surface area contributed by atoms with E-state index in [0.29, 0.717) is 5.69 Å². The highest BCUT2D eigenvalue weighted by Crippen LogP contribution is 2.24. The number of rotatable bonds is 2. The lowest BCUT2D eigenvalue weighted by Gasteiger charge is -1.91. The molecular weight excluding hydrogens is 246 g/mol. The number of fused-ring (bicyclic) bond motifs is 3. The van der Waals surface area contributed by atoms with Crippen molar-refractivity contribution in [2.45, 2.75) is 0 Å². The minimum absolute atomic E-state index is 0.181. The lowest BCUT2D eigenvalue weighted by atomic mass is 10.2. The van der Waals surface area contributed by atoms with Gasteiger partial charge in [-0.2, -0.15) is 0 Å². The van der Waals surface area contributed by atoms with Gasteiger partial charge in [0.05, 0.1) is 11.7 Å². The van der Waals surface area contributed by atoms with E-state index in [9.17, 15) is 4.79 Å². The molecule has 96 valence electrons. The highest BCUT2D eigenvalue weighted by atomic mass is 16.5. The summed E-state index contributed by atoms with van der Waals surface area (Å²) in [6, 6.07) is 9.81. The molecule has 0 aliphatic rings. The molecular formula is C13H11N3O3. The maximum atomic E-state index is 10.6. The number of pyridine rings is 1. The second kappa shape index (κ2) is 5.74. The number of H-pyrrole nitrogens is 1. The van der Waals surface area contributed by atoms with Gasteiger partial charge >= 0.3 is 0 Å². The predicted molar refractivity (Wildman–Crippen MR) is 70.0 cm³/mol. The van der Waals surface area contributed by atoms with Gasteiger partial charge in [0.2, 0.25) is 6.41 Å². The third-order valence-electron chi connectivity index (χ3n) is 2.59. The van der Waals surface area contributed by atoms with Gasteiger partial charge in [-0.25, -0.2) is 5.48 Å². The molecule has 6 heteroatoms. The van der Waals surface area contributed by atoms with E-state index in [1.165, 1.54) is 5.48 Å². The van der Waals surface area contributed by atoms with Crippen LogP contribution in [-0.2, 0) is 4.79 Å². The van der Waals surface area contributed by atoms with Gasteiger partial charge < -0.3 is 4.98 Å². The van der Waals surface area contributed by atoms with Crippen LogP contribution in [0.2, 0.25) is 0 Å². The van der Waals surface area contributed by atoms with E-state index >= 15 is 0 Å². The molecule has 2 heterocycles. The highest BCUT2D eigenvalue weighted by Gasteiger charge is 2.04. The Morgan fingerprint density at radius 3 is 2.58 bits per heavy atom. The lowest BCUT2D eigenvalue weighted by Crippen LogP contribution is -1.99. The van der Waals surface area contributed by atoms with Crippen molar-refractivity contribution in [2.75, 3.05) is 0 Å². The number of carbonyl (C=O) groups is 2. The normalized spacial score (nSPS) is 9.74. The Morgan fingerprint density at radius 2 is 1.89 bits per heavy atom. The third kappa shape index (κ3) is 2.58. The molecule has 0 saturated heterocycles. The zero-order chi connectivity index (χ0) is 13.7. The van der Waals surface area contributed by atoms with Crippen LogP contribution in [-0.4, -0.2) is 27.9 Å². The summed E-state index contributed by atoms with van der Waals surface area (Å²) < 4.78 is 0. The Kier molecular flexibility index (Phi) is 3.84. The Balaban J connectivity index is 0.000000297. The molecule has 3 rings (SSSR count). The molecule has 0 unspecified atom stereocenters. The summed E-state index contributed by atoms with van der Waals surface area (Å²) in [7, 11) is 0. The van der Waals surface area contributed by atoms with E-state index in [4.69, 9.17) is 10.0 Å². The second-order valence-electron chi connectivity index (χ2n) is 3.69. The molecule has 19 heavy (non-hydrogen) atoms. The van der Waals surface area contributed by atoms with E-state index in [-0.39, 0.29) is 6.41 Å². The molecule has 0 spiro atoms. The van der Waals surface area contributed by atoms with Crippen LogP contribution in [0.25, 0.3) is 21.8 Å². The van der Waals surface area contributed by atoms with Crippen LogP contribution in [0.15, 0.2) is 36.5 Å². The highest BCUT2D eigenvalue weighted by molar-refractivity contribution is 6.07. The van der Waals surface area contributed by atoms with Crippen molar-refractivity contribution in [2.24, 2.45) is 0 Å². The molecule has 3 aromatic rings. The molecule has 0 fully saturated rings. The van der Waals surface area contributed by atoms with Crippen LogP contribution < -0.4 is 5.48 Å². The van der Waals surface area contributed by atoms with Crippen LogP contribution >= 0.6 is 0 Å². The maximum Gasteiger partial charge on any atom is 0.230 e. The van der Waals surface area contributed by atoms with Gasteiger partial charge in [0, 0.05) is 16.3 Å². The van der Waals surface area contributed by atoms with E-state index in [0.717, 1.165) is 28.1 Å². The SMILES string of the molecule is O=CNO.O=Cc1cc2c(cn1)[nH]c1ccccc12. The summed E-state index contributed by atoms with van der Waals surface area (Å²) in [6.45, 7) is 0. The number of aromatic amines is 1. The molecule has 2 aromatic heterocycles. The molecule has 0 aliphatic carbocycles. The summed E-state index contributed by atoms with van der Waals surface area (Å²) in [5.74, 6) is 0. The fourth-order valence-electron chi connectivity index (χ4n) is 1.83. The maximum absolute atomic E-state index is 10.6. The summed E-state index contributed by atoms with van der Waals surface area (Å²) >= 11 is 0. The van der Waals surface area contributed by atoms with E-state index in [2.05, 4.69) is 9.97 Å². The van der Waals surface area contributed by atoms with Gasteiger partial charge in [0.15, 0.2) is 6.29 Å². The van der Waals surface area contributed by atoms with E-state index in [1.807, 2.05) is 24.3 Å². The smallest absolute Gasteiger partial charge is 0.230 e. The Morgan fingerprint density at radius 1 is 1.16 bits per heavy atom. The van der Waals surface area contributed by atoms with Crippen molar-refractivity contribution in [1.29, 1.82) is 0 Å². The van der Waals surface area contributed by atoms with Crippen molar-refractivity contribution in [3.8, 4) is 0 Å². The monoisotopic (exact) mass is 257 g/mol. The summed E-state index contributed by atoms with van der Waals surface area (Å²) in [4.78, 5) is 26.7. The van der Waals surface area contributed by atoms with Crippen LogP contribution in [0.4, 0.5) is 0 Å². The molecule has 3 N–H and O–H groups in total. The summed E-state index contributed by atoms with van der Waals surface area (Å²) in [5.41, 5.74) is 3.74. The average molecular weight is 257 g/mol. The first-order chi connectivity index (χ1) is 9.30. The molecule has 1 aromatic carbocycles. The van der Waals surface area contributed by atoms with Crippen molar-refractivity contribution in [3.63, 3.8) is 0 Å². The number of carbonyl (C=O) groups excluding carboxylic acids is 2. The van der Waals surface area contributed by atoms with Gasteiger partial charge in [-0.15, -0.1) is 0 Å². The first-order valence-electron chi connectivity index (χ1n) is 5.45. The number of hydroxylamine groups is 1. The van der Waals surface area contributed by atoms with Gasteiger partial charge in [-0.05, 0) is 12.1 Å². The zero-order valence-electron chi connectivity index (χ0n) is 9.83. The zero-order valence-corrected chi connectivity index (χ0v) is 9.83. The number of aromatic nitrogens is 2. The Labute approximate surface area is 108 Å². The quantitative estimate of drug-likeness (QED) is 0.369. The van der Waals surface area contributed by atoms with Gasteiger partial charge in [0.25, 0.3) is 0 Å². The van der Waals surface area contributed by atoms with Crippen LogP contribution in [0.1, 0.15) is 10.5 Å². The largest absolute Gasteiger partial charge is 0.353 e. The third-order valence-corrected chi connectivity index (χ3v) is 2.59. The number of hydrogen-bond acceptors (Lipinski definition) is 4. The molecule has 0 atom stereocenters. The van der Waals surface area contributed by atoms with Crippen molar-refractivity contribution >= 4 is 34.5 Å². The summed E-state index contributed by atoms with van der Waals surface area (Å²) in [6.07, 6.45) is 2.64. The van der Waals surface area contributed by atoms with Gasteiger partial charge in [-0.3, -0.25) is 19.8 Å². The number of amides is 1.